The van der Waals surface area contributed by atoms with E-state index < -0.39 is 29.4 Å². The van der Waals surface area contributed by atoms with E-state index in [0.717, 1.165) is 58.1 Å². The third-order valence-corrected chi connectivity index (χ3v) is 13.3. The quantitative estimate of drug-likeness (QED) is 0.0777. The van der Waals surface area contributed by atoms with Crippen molar-refractivity contribution < 1.29 is 29.0 Å². The maximum Gasteiger partial charge on any atom is 2.00 e. The van der Waals surface area contributed by atoms with Crippen LogP contribution in [0.1, 0.15) is 133 Å². The molecule has 6 atom stereocenters. The molecule has 0 spiro atoms. The van der Waals surface area contributed by atoms with E-state index in [1.165, 1.54) is 38.4 Å². The van der Waals surface area contributed by atoms with Crippen LogP contribution in [0.2, 0.25) is 0 Å². The minimum atomic E-state index is -1.90. The van der Waals surface area contributed by atoms with Crippen LogP contribution in [0.3, 0.4) is 0 Å². The molecule has 0 saturated carbocycles. The summed E-state index contributed by atoms with van der Waals surface area (Å²) in [5.41, 5.74) is 6.35. The molecular weight excluding hydrogens is 777 g/mol. The van der Waals surface area contributed by atoms with Gasteiger partial charge in [0.15, 0.2) is 5.78 Å². The molecule has 1 fully saturated rings. The third kappa shape index (κ3) is 9.79. The molecule has 4 aliphatic rings. The predicted octanol–water partition coefficient (Wildman–Crippen LogP) is 7.94. The summed E-state index contributed by atoms with van der Waals surface area (Å²) in [6.45, 7) is 23.0. The molecule has 2 aromatic rings. The summed E-state index contributed by atoms with van der Waals surface area (Å²) < 4.78 is 11.0. The van der Waals surface area contributed by atoms with Crippen molar-refractivity contribution in [1.82, 2.24) is 9.97 Å². The minimum Gasteiger partial charge on any atom is -0.681 e. The first kappa shape index (κ1) is 48.0. The number of aliphatic hydroxyl groups is 1. The van der Waals surface area contributed by atoms with Crippen LogP contribution in [-0.2, 0) is 30.3 Å². The van der Waals surface area contributed by atoms with Crippen molar-refractivity contribution in [3.63, 3.8) is 0 Å². The number of allylic oxidation sites excluding steroid dienone is 3. The van der Waals surface area contributed by atoms with Crippen molar-refractivity contribution in [2.75, 3.05) is 13.7 Å². The van der Waals surface area contributed by atoms with Gasteiger partial charge in [-0.05, 0) is 94.3 Å². The molecular formula is C50H64MgN4O6-2. The molecule has 6 rings (SSSR count). The molecule has 3 aliphatic heterocycles. The number of carbonyl (C=O) groups is 3. The maximum atomic E-state index is 14.4. The fourth-order valence-electron chi connectivity index (χ4n) is 9.54. The van der Waals surface area contributed by atoms with Gasteiger partial charge in [-0.1, -0.05) is 125 Å². The Morgan fingerprint density at radius 1 is 1.00 bits per heavy atom. The van der Waals surface area contributed by atoms with Gasteiger partial charge in [0.2, 0.25) is 0 Å². The molecule has 5 heterocycles. The van der Waals surface area contributed by atoms with Crippen molar-refractivity contribution in [3.8, 4) is 0 Å². The number of hydrogen-bond donors (Lipinski definition) is 1. The van der Waals surface area contributed by atoms with E-state index in [9.17, 15) is 19.5 Å². The Kier molecular flexibility index (Phi) is 15.7. The van der Waals surface area contributed by atoms with Gasteiger partial charge in [0.1, 0.15) is 12.5 Å². The van der Waals surface area contributed by atoms with E-state index in [-0.39, 0.29) is 65.2 Å². The van der Waals surface area contributed by atoms with Gasteiger partial charge in [-0.15, -0.1) is 27.8 Å². The summed E-state index contributed by atoms with van der Waals surface area (Å²) in [6.07, 6.45) is 17.6. The molecule has 0 amide bonds. The van der Waals surface area contributed by atoms with Crippen LogP contribution in [0, 0.1) is 43.4 Å². The smallest absolute Gasteiger partial charge is 0.681 e. The first-order chi connectivity index (χ1) is 28.5. The summed E-state index contributed by atoms with van der Waals surface area (Å²) >= 11 is 0. The standard InChI is InChI=1S/C50H64N4O6.Mg/c1-12-34-30(7)37-24-39-32(9)36(20-21-42(55)60-23-22-29(6)19-15-18-28(5)17-14-16-27(3)4)46(53-39)44-45(49(57)59-11)48(56)43-33(10)50(58,54-47(43)44)26-41-35(13-2)31(8)38(52-41)25-40(34)51-37;/h12,22,24-28,32,36,45-46,58H,1,13-21,23H2,2-11H3;/q-4;+2/b29-22+,38-25-,39-24-,41-26-;/t28-,32+,36+,45-,46?,50-;/m1./s1. The monoisotopic (exact) mass is 840 g/mol. The van der Waals surface area contributed by atoms with Crippen LogP contribution in [0.25, 0.3) is 34.9 Å². The number of carbonyl (C=O) groups excluding carboxylic acids is 3. The number of ketones is 1. The molecule has 10 nitrogen and oxygen atoms in total. The number of fused-ring (bicyclic) bond motifs is 8. The molecule has 0 radical (unpaired) electrons. The number of methoxy groups -OCH3 is 1. The maximum absolute atomic E-state index is 14.4. The number of esters is 2. The summed E-state index contributed by atoms with van der Waals surface area (Å²) in [7, 11) is 1.26. The minimum absolute atomic E-state index is 0. The Morgan fingerprint density at radius 2 is 1.72 bits per heavy atom. The first-order valence-corrected chi connectivity index (χ1v) is 22.0. The van der Waals surface area contributed by atoms with Crippen LogP contribution < -0.4 is 20.7 Å². The zero-order valence-electron chi connectivity index (χ0n) is 38.1. The molecule has 0 aromatic carbocycles. The Morgan fingerprint density at radius 3 is 2.39 bits per heavy atom. The van der Waals surface area contributed by atoms with Gasteiger partial charge < -0.3 is 35.2 Å². The van der Waals surface area contributed by atoms with E-state index in [2.05, 4.69) is 34.3 Å². The SMILES string of the molecule is C=Cc1c2[n-]c(c1C)/C=C1\[N-]C(C3=C4[N-][C@@](O)(/C=c5\[n-]/c(c(C)c5CC)=C\2)C(C)=C4C(=O)[C@@H]3C(=O)OC)[C@@H](CCC(=O)OC/C=C(\C)CCC[C@H](C)CCCC(C)C)[C@@H]1C.[Mg+2]. The van der Waals surface area contributed by atoms with Crippen LogP contribution >= 0.6 is 0 Å². The number of nitrogens with zero attached hydrogens (tertiary/aromatic N) is 4. The van der Waals surface area contributed by atoms with Crippen molar-refractivity contribution >= 4 is 65.1 Å². The van der Waals surface area contributed by atoms with Gasteiger partial charge in [-0.3, -0.25) is 14.4 Å². The van der Waals surface area contributed by atoms with Gasteiger partial charge >= 0.3 is 35.0 Å². The van der Waals surface area contributed by atoms with E-state index in [1.807, 2.05) is 45.9 Å². The van der Waals surface area contributed by atoms with Crippen molar-refractivity contribution in [3.05, 3.63) is 101 Å². The molecule has 61 heavy (non-hydrogen) atoms. The van der Waals surface area contributed by atoms with Gasteiger partial charge in [-0.25, -0.2) is 0 Å². The zero-order valence-corrected chi connectivity index (χ0v) is 39.5. The first-order valence-electron chi connectivity index (χ1n) is 22.0. The Bertz CT molecular complexity index is 2290. The Labute approximate surface area is 378 Å². The van der Waals surface area contributed by atoms with E-state index in [4.69, 9.17) is 30.1 Å². The van der Waals surface area contributed by atoms with E-state index in [0.29, 0.717) is 40.6 Å². The summed E-state index contributed by atoms with van der Waals surface area (Å²) in [5, 5.41) is 23.7. The Hall–Kier alpha value is -4.06. The molecule has 1 N–H and O–H groups in total. The predicted molar refractivity (Wildman–Crippen MR) is 243 cm³/mol. The summed E-state index contributed by atoms with van der Waals surface area (Å²) in [4.78, 5) is 51.3. The van der Waals surface area contributed by atoms with Gasteiger partial charge in [-0.2, -0.15) is 5.70 Å². The second kappa shape index (κ2) is 20.0. The molecule has 2 aromatic heterocycles. The fourth-order valence-corrected chi connectivity index (χ4v) is 9.54. The molecule has 8 bridgehead atoms. The van der Waals surface area contributed by atoms with Crippen LogP contribution in [0.5, 0.6) is 0 Å². The van der Waals surface area contributed by atoms with Gasteiger partial charge in [0, 0.05) is 17.7 Å². The Balaban J connectivity index is 0.00000704. The third-order valence-electron chi connectivity index (χ3n) is 13.3. The van der Waals surface area contributed by atoms with Crippen LogP contribution in [0.15, 0.2) is 46.3 Å². The van der Waals surface area contributed by atoms with E-state index >= 15 is 0 Å². The molecule has 1 aliphatic carbocycles. The van der Waals surface area contributed by atoms with Gasteiger partial charge in [0.05, 0.1) is 7.11 Å². The summed E-state index contributed by atoms with van der Waals surface area (Å²) in [6, 6.07) is -0.724. The number of aromatic nitrogens is 2. The van der Waals surface area contributed by atoms with Crippen molar-refractivity contribution in [1.29, 1.82) is 0 Å². The topological polar surface area (TPSA) is 146 Å². The number of ether oxygens (including phenoxy) is 2. The number of rotatable bonds is 16. The zero-order chi connectivity index (χ0) is 43.6. The second-order valence-electron chi connectivity index (χ2n) is 17.9. The average molecular weight is 841 g/mol. The van der Waals surface area contributed by atoms with Gasteiger partial charge in [0.25, 0.3) is 0 Å². The van der Waals surface area contributed by atoms with Crippen LogP contribution in [0.4, 0.5) is 0 Å². The summed E-state index contributed by atoms with van der Waals surface area (Å²) in [5.74, 6) is -1.89. The largest absolute Gasteiger partial charge is 2.00 e. The van der Waals surface area contributed by atoms with Crippen molar-refractivity contribution in [2.45, 2.75) is 132 Å². The average Bonchev–Trinajstić information content (AvgIpc) is 3.92. The molecule has 11 heteroatoms. The molecule has 1 saturated heterocycles. The number of Topliss-reactive ketones (excluding diaryl/α,β-unsaturated/α-hetero) is 1. The number of hydrogen-bond acceptors (Lipinski definition) is 6. The van der Waals surface area contributed by atoms with Crippen LogP contribution in [-0.4, -0.2) is 71.4 Å². The second-order valence-corrected chi connectivity index (χ2v) is 17.9. The van der Waals surface area contributed by atoms with E-state index in [1.54, 1.807) is 19.1 Å². The normalized spacial score (nSPS) is 25.5. The molecule has 1 unspecified atom stereocenters. The molecule has 324 valence electrons. The fraction of sp³-hybridized carbons (Fsp3) is 0.540. The van der Waals surface area contributed by atoms with Crippen molar-refractivity contribution in [2.24, 2.45) is 29.6 Å².